The monoisotopic (exact) mass is 364 g/mol. The van der Waals surface area contributed by atoms with E-state index >= 15 is 0 Å². The Labute approximate surface area is 153 Å². The van der Waals surface area contributed by atoms with Crippen LogP contribution in [0.3, 0.4) is 0 Å². The van der Waals surface area contributed by atoms with Gasteiger partial charge in [0.05, 0.1) is 11.0 Å². The van der Waals surface area contributed by atoms with Crippen molar-refractivity contribution in [1.29, 1.82) is 5.26 Å². The Morgan fingerprint density at radius 2 is 1.96 bits per heavy atom. The quantitative estimate of drug-likeness (QED) is 0.670. The topological polar surface area (TPSA) is 117 Å². The highest BCUT2D eigenvalue weighted by Gasteiger charge is 2.11. The molecule has 0 radical (unpaired) electrons. The number of nitrogens with zero attached hydrogens (tertiary/aromatic N) is 2. The lowest BCUT2D eigenvalue weighted by atomic mass is 10.1. The summed E-state index contributed by atoms with van der Waals surface area (Å²) in [5.41, 5.74) is 0.503. The molecule has 0 spiro atoms. The summed E-state index contributed by atoms with van der Waals surface area (Å²) in [7, 11) is 0. The van der Waals surface area contributed by atoms with Crippen LogP contribution < -0.4 is 21.2 Å². The third-order valence-electron chi connectivity index (χ3n) is 3.97. The average Bonchev–Trinajstić information content (AvgIpc) is 2.68. The van der Waals surface area contributed by atoms with E-state index in [1.54, 1.807) is 43.3 Å². The van der Waals surface area contributed by atoms with E-state index in [1.807, 2.05) is 6.07 Å². The number of nitriles is 1. The van der Waals surface area contributed by atoms with Gasteiger partial charge in [-0.1, -0.05) is 0 Å². The first-order valence-electron chi connectivity index (χ1n) is 8.21. The highest BCUT2D eigenvalue weighted by Crippen LogP contribution is 2.17. The molecule has 8 heteroatoms. The van der Waals surface area contributed by atoms with Crippen molar-refractivity contribution in [1.82, 2.24) is 9.55 Å². The molecule has 1 heterocycles. The van der Waals surface area contributed by atoms with E-state index in [9.17, 15) is 14.4 Å². The Morgan fingerprint density at radius 1 is 1.22 bits per heavy atom. The zero-order valence-electron chi connectivity index (χ0n) is 14.5. The Hall–Kier alpha value is -3.86. The maximum absolute atomic E-state index is 12.5. The molecule has 1 amide bonds. The number of nitrogens with one attached hydrogen (secondary N) is 2. The van der Waals surface area contributed by atoms with Crippen LogP contribution in [0.1, 0.15) is 17.3 Å². The lowest BCUT2D eigenvalue weighted by Gasteiger charge is -2.10. The summed E-state index contributed by atoms with van der Waals surface area (Å²) < 4.78 is 6.51. The molecule has 0 atom stereocenters. The number of carbonyl (C=O) groups is 1. The van der Waals surface area contributed by atoms with Crippen LogP contribution in [0.2, 0.25) is 0 Å². The van der Waals surface area contributed by atoms with Crippen LogP contribution in [-0.4, -0.2) is 22.1 Å². The Kier molecular flexibility index (Phi) is 5.04. The van der Waals surface area contributed by atoms with Crippen LogP contribution in [0.25, 0.3) is 11.0 Å². The molecular formula is C19H16N4O4. The van der Waals surface area contributed by atoms with E-state index in [2.05, 4.69) is 10.3 Å². The highest BCUT2D eigenvalue weighted by molar-refractivity contribution is 6.05. The molecule has 136 valence electrons. The van der Waals surface area contributed by atoms with Gasteiger partial charge in [0.2, 0.25) is 0 Å². The van der Waals surface area contributed by atoms with Gasteiger partial charge in [-0.3, -0.25) is 14.4 Å². The second-order valence-electron chi connectivity index (χ2n) is 5.66. The minimum Gasteiger partial charge on any atom is -0.479 e. The summed E-state index contributed by atoms with van der Waals surface area (Å²) in [5.74, 6) is 0.160. The molecule has 0 aliphatic heterocycles. The minimum absolute atomic E-state index is 0.0518. The van der Waals surface area contributed by atoms with E-state index < -0.39 is 11.1 Å². The number of fused-ring (bicyclic) bond motifs is 1. The molecule has 8 nitrogen and oxygen atoms in total. The van der Waals surface area contributed by atoms with Crippen LogP contribution in [0, 0.1) is 11.3 Å². The number of hydrogen-bond donors (Lipinski definition) is 2. The average molecular weight is 364 g/mol. The zero-order valence-corrected chi connectivity index (χ0v) is 14.5. The van der Waals surface area contributed by atoms with Gasteiger partial charge in [-0.25, -0.2) is 0 Å². The molecule has 2 aromatic carbocycles. The standard InChI is InChI=1S/C19H16N4O4/c1-2-23-16-8-3-12(11-15(16)22-18(25)19(23)26)17(24)21-13-4-6-14(7-5-13)27-10-9-20/h3-8,11H,2,10H2,1H3,(H,21,24)(H,22,25). The molecule has 0 fully saturated rings. The molecule has 0 aliphatic carbocycles. The van der Waals surface area contributed by atoms with Crippen molar-refractivity contribution in [2.75, 3.05) is 11.9 Å². The van der Waals surface area contributed by atoms with Crippen LogP contribution >= 0.6 is 0 Å². The molecule has 1 aromatic heterocycles. The van der Waals surface area contributed by atoms with Crippen LogP contribution in [0.5, 0.6) is 5.75 Å². The predicted octanol–water partition coefficient (Wildman–Crippen LogP) is 1.86. The molecular weight excluding hydrogens is 348 g/mol. The van der Waals surface area contributed by atoms with Gasteiger partial charge in [0.1, 0.15) is 11.8 Å². The summed E-state index contributed by atoms with van der Waals surface area (Å²) in [6.07, 6.45) is 0. The summed E-state index contributed by atoms with van der Waals surface area (Å²) in [6.45, 7) is 2.07. The first-order chi connectivity index (χ1) is 13.0. The zero-order chi connectivity index (χ0) is 19.4. The number of ether oxygens (including phenoxy) is 1. The van der Waals surface area contributed by atoms with Crippen molar-refractivity contribution in [3.63, 3.8) is 0 Å². The maximum Gasteiger partial charge on any atom is 0.316 e. The molecule has 0 saturated carbocycles. The normalized spacial score (nSPS) is 10.4. The van der Waals surface area contributed by atoms with Gasteiger partial charge in [0, 0.05) is 17.8 Å². The van der Waals surface area contributed by atoms with E-state index in [1.165, 1.54) is 10.6 Å². The minimum atomic E-state index is -0.727. The lowest BCUT2D eigenvalue weighted by Crippen LogP contribution is -2.36. The molecule has 3 rings (SSSR count). The second-order valence-corrected chi connectivity index (χ2v) is 5.66. The number of aromatic nitrogens is 2. The van der Waals surface area contributed by atoms with Crippen molar-refractivity contribution in [3.05, 3.63) is 68.7 Å². The number of H-pyrrole nitrogens is 1. The molecule has 3 aromatic rings. The van der Waals surface area contributed by atoms with E-state index in [0.717, 1.165) is 0 Å². The maximum atomic E-state index is 12.5. The highest BCUT2D eigenvalue weighted by atomic mass is 16.5. The van der Waals surface area contributed by atoms with E-state index in [0.29, 0.717) is 34.6 Å². The van der Waals surface area contributed by atoms with Gasteiger partial charge in [-0.2, -0.15) is 5.26 Å². The summed E-state index contributed by atoms with van der Waals surface area (Å²) in [6, 6.07) is 13.2. The summed E-state index contributed by atoms with van der Waals surface area (Å²) in [4.78, 5) is 38.6. The van der Waals surface area contributed by atoms with Crippen LogP contribution in [0.4, 0.5) is 5.69 Å². The Bertz CT molecular complexity index is 1150. The van der Waals surface area contributed by atoms with Gasteiger partial charge in [-0.15, -0.1) is 0 Å². The Balaban J connectivity index is 1.86. The summed E-state index contributed by atoms with van der Waals surface area (Å²) in [5, 5.41) is 11.2. The number of aromatic amines is 1. The predicted molar refractivity (Wildman–Crippen MR) is 100 cm³/mol. The molecule has 0 bridgehead atoms. The number of aryl methyl sites for hydroxylation is 1. The largest absolute Gasteiger partial charge is 0.479 e. The molecule has 2 N–H and O–H groups in total. The van der Waals surface area contributed by atoms with Gasteiger partial charge in [0.25, 0.3) is 5.91 Å². The molecule has 27 heavy (non-hydrogen) atoms. The second kappa shape index (κ2) is 7.58. The first kappa shape index (κ1) is 17.9. The fourth-order valence-electron chi connectivity index (χ4n) is 2.69. The fourth-order valence-corrected chi connectivity index (χ4v) is 2.69. The molecule has 0 saturated heterocycles. The fraction of sp³-hybridized carbons (Fsp3) is 0.158. The number of anilines is 1. The van der Waals surface area contributed by atoms with Crippen molar-refractivity contribution < 1.29 is 9.53 Å². The SMILES string of the molecule is CCn1c(=O)c(=O)[nH]c2cc(C(=O)Nc3ccc(OCC#N)cc3)ccc21. The number of rotatable bonds is 5. The van der Waals surface area contributed by atoms with Crippen molar-refractivity contribution >= 4 is 22.6 Å². The smallest absolute Gasteiger partial charge is 0.316 e. The van der Waals surface area contributed by atoms with Crippen LogP contribution in [-0.2, 0) is 6.54 Å². The number of benzene rings is 2. The van der Waals surface area contributed by atoms with Crippen molar-refractivity contribution in [3.8, 4) is 11.8 Å². The van der Waals surface area contributed by atoms with E-state index in [4.69, 9.17) is 10.00 Å². The van der Waals surface area contributed by atoms with Gasteiger partial charge in [0.15, 0.2) is 6.61 Å². The summed E-state index contributed by atoms with van der Waals surface area (Å²) >= 11 is 0. The lowest BCUT2D eigenvalue weighted by molar-refractivity contribution is 0.102. The first-order valence-corrected chi connectivity index (χ1v) is 8.21. The van der Waals surface area contributed by atoms with Gasteiger partial charge < -0.3 is 19.6 Å². The molecule has 0 aliphatic rings. The third-order valence-corrected chi connectivity index (χ3v) is 3.97. The van der Waals surface area contributed by atoms with E-state index in [-0.39, 0.29) is 12.5 Å². The number of amides is 1. The molecule has 0 unspecified atom stereocenters. The van der Waals surface area contributed by atoms with Gasteiger partial charge in [-0.05, 0) is 49.4 Å². The third kappa shape index (κ3) is 3.72. The Morgan fingerprint density at radius 3 is 2.63 bits per heavy atom. The number of hydrogen-bond acceptors (Lipinski definition) is 5. The van der Waals surface area contributed by atoms with Crippen molar-refractivity contribution in [2.45, 2.75) is 13.5 Å². The van der Waals surface area contributed by atoms with Crippen molar-refractivity contribution in [2.24, 2.45) is 0 Å². The van der Waals surface area contributed by atoms with Crippen LogP contribution in [0.15, 0.2) is 52.1 Å². The number of carbonyl (C=O) groups excluding carboxylic acids is 1. The van der Waals surface area contributed by atoms with Gasteiger partial charge >= 0.3 is 11.1 Å².